The van der Waals surface area contributed by atoms with Gasteiger partial charge in [-0.1, -0.05) is 31.3 Å². The van der Waals surface area contributed by atoms with Crippen LogP contribution in [0.3, 0.4) is 0 Å². The van der Waals surface area contributed by atoms with Crippen LogP contribution < -0.4 is 0 Å². The number of hydrogen-bond acceptors (Lipinski definition) is 3. The highest BCUT2D eigenvalue weighted by atomic mass is 16.5. The Bertz CT molecular complexity index is 421. The summed E-state index contributed by atoms with van der Waals surface area (Å²) in [5, 5.41) is 9.78. The maximum Gasteiger partial charge on any atom is 0.303 e. The Morgan fingerprint density at radius 2 is 2.17 bits per heavy atom. The summed E-state index contributed by atoms with van der Waals surface area (Å²) in [6.07, 6.45) is 0.716. The molecule has 0 amide bonds. The molecule has 3 nitrogen and oxygen atoms in total. The average Bonchev–Trinajstić information content (AvgIpc) is 2.12. The molecule has 0 spiro atoms. The standard InChI is InChI=1S/C15H22O3/c1-10-8-13(17)9-15(4,5)14(10)7-6-11(2)18-12(3)16/h11,13,17H,8-9H2,1-5H3/t11-,13+/m0/s1. The van der Waals surface area contributed by atoms with E-state index in [1.165, 1.54) is 6.92 Å². The lowest BCUT2D eigenvalue weighted by Crippen LogP contribution is -2.28. The summed E-state index contributed by atoms with van der Waals surface area (Å²) in [6.45, 7) is 9.31. The summed E-state index contributed by atoms with van der Waals surface area (Å²) in [4.78, 5) is 10.8. The molecular formula is C15H22O3. The lowest BCUT2D eigenvalue weighted by atomic mass is 9.72. The lowest BCUT2D eigenvalue weighted by Gasteiger charge is -2.34. The largest absolute Gasteiger partial charge is 0.450 e. The van der Waals surface area contributed by atoms with Crippen molar-refractivity contribution in [3.8, 4) is 11.8 Å². The summed E-state index contributed by atoms with van der Waals surface area (Å²) in [5.74, 6) is 5.76. The van der Waals surface area contributed by atoms with E-state index in [0.29, 0.717) is 6.42 Å². The second kappa shape index (κ2) is 5.58. The van der Waals surface area contributed by atoms with Crippen molar-refractivity contribution in [2.45, 2.75) is 59.7 Å². The van der Waals surface area contributed by atoms with Crippen molar-refractivity contribution in [3.63, 3.8) is 0 Å². The molecule has 1 aliphatic carbocycles. The van der Waals surface area contributed by atoms with Crippen LogP contribution in [0.15, 0.2) is 11.1 Å². The van der Waals surface area contributed by atoms with Gasteiger partial charge in [-0.15, -0.1) is 0 Å². The molecule has 3 heteroatoms. The van der Waals surface area contributed by atoms with Crippen molar-refractivity contribution in [2.24, 2.45) is 5.41 Å². The van der Waals surface area contributed by atoms with E-state index in [0.717, 1.165) is 17.6 Å². The van der Waals surface area contributed by atoms with Crippen LogP contribution >= 0.6 is 0 Å². The second-order valence-corrected chi connectivity index (χ2v) is 5.62. The second-order valence-electron chi connectivity index (χ2n) is 5.62. The zero-order chi connectivity index (χ0) is 13.9. The van der Waals surface area contributed by atoms with Crippen molar-refractivity contribution in [1.82, 2.24) is 0 Å². The van der Waals surface area contributed by atoms with Gasteiger partial charge in [-0.3, -0.25) is 4.79 Å². The van der Waals surface area contributed by atoms with Gasteiger partial charge in [0.2, 0.25) is 0 Å². The summed E-state index contributed by atoms with van der Waals surface area (Å²) in [7, 11) is 0. The third-order valence-electron chi connectivity index (χ3n) is 3.13. The average molecular weight is 250 g/mol. The SMILES string of the molecule is CC(=O)O[C@@H](C)C#CC1=C(C)C[C@@H](O)CC1(C)C. The van der Waals surface area contributed by atoms with Crippen LogP contribution in [0.1, 0.15) is 47.5 Å². The number of hydrogen-bond donors (Lipinski definition) is 1. The Kier molecular flexibility index (Phi) is 4.59. The summed E-state index contributed by atoms with van der Waals surface area (Å²) < 4.78 is 4.98. The molecule has 0 unspecified atom stereocenters. The fraction of sp³-hybridized carbons (Fsp3) is 0.667. The highest BCUT2D eigenvalue weighted by Crippen LogP contribution is 2.39. The number of aliphatic hydroxyl groups is 1. The molecule has 0 radical (unpaired) electrons. The Morgan fingerprint density at radius 3 is 2.67 bits per heavy atom. The Labute approximate surface area is 109 Å². The summed E-state index contributed by atoms with van der Waals surface area (Å²) >= 11 is 0. The van der Waals surface area contributed by atoms with Crippen LogP contribution in [-0.2, 0) is 9.53 Å². The van der Waals surface area contributed by atoms with Crippen molar-refractivity contribution in [3.05, 3.63) is 11.1 Å². The molecular weight excluding hydrogens is 228 g/mol. The zero-order valence-corrected chi connectivity index (χ0v) is 11.8. The Hall–Kier alpha value is -1.27. The van der Waals surface area contributed by atoms with Crippen LogP contribution in [0.4, 0.5) is 0 Å². The first-order chi connectivity index (χ1) is 8.22. The first-order valence-corrected chi connectivity index (χ1v) is 6.29. The molecule has 18 heavy (non-hydrogen) atoms. The van der Waals surface area contributed by atoms with E-state index < -0.39 is 6.10 Å². The molecule has 1 aliphatic rings. The van der Waals surface area contributed by atoms with Gasteiger partial charge in [0.25, 0.3) is 0 Å². The lowest BCUT2D eigenvalue weighted by molar-refractivity contribution is -0.143. The minimum atomic E-state index is -0.398. The highest BCUT2D eigenvalue weighted by molar-refractivity contribution is 5.66. The first-order valence-electron chi connectivity index (χ1n) is 6.29. The minimum absolute atomic E-state index is 0.120. The van der Waals surface area contributed by atoms with E-state index in [2.05, 4.69) is 25.7 Å². The van der Waals surface area contributed by atoms with Gasteiger partial charge < -0.3 is 9.84 Å². The first kappa shape index (κ1) is 14.8. The molecule has 2 atom stereocenters. The summed E-state index contributed by atoms with van der Waals surface area (Å²) in [6, 6.07) is 0. The number of allylic oxidation sites excluding steroid dienone is 1. The van der Waals surface area contributed by atoms with E-state index in [-0.39, 0.29) is 17.5 Å². The molecule has 0 aromatic rings. The number of esters is 1. The molecule has 1 N–H and O–H groups in total. The maximum absolute atomic E-state index is 10.8. The van der Waals surface area contributed by atoms with Gasteiger partial charge in [0.05, 0.1) is 6.10 Å². The minimum Gasteiger partial charge on any atom is -0.450 e. The van der Waals surface area contributed by atoms with Gasteiger partial charge in [-0.05, 0) is 26.7 Å². The van der Waals surface area contributed by atoms with Crippen LogP contribution in [0.5, 0.6) is 0 Å². The van der Waals surface area contributed by atoms with Crippen molar-refractivity contribution >= 4 is 5.97 Å². The third-order valence-corrected chi connectivity index (χ3v) is 3.13. The van der Waals surface area contributed by atoms with Gasteiger partial charge in [-0.25, -0.2) is 0 Å². The van der Waals surface area contributed by atoms with Crippen LogP contribution in [0.2, 0.25) is 0 Å². The maximum atomic E-state index is 10.8. The molecule has 0 saturated carbocycles. The van der Waals surface area contributed by atoms with E-state index in [1.807, 2.05) is 6.92 Å². The quantitative estimate of drug-likeness (QED) is 0.574. The molecule has 0 aromatic heterocycles. The van der Waals surface area contributed by atoms with Crippen molar-refractivity contribution in [2.75, 3.05) is 0 Å². The van der Waals surface area contributed by atoms with E-state index in [4.69, 9.17) is 4.74 Å². The van der Waals surface area contributed by atoms with E-state index in [1.54, 1.807) is 6.92 Å². The predicted molar refractivity (Wildman–Crippen MR) is 70.7 cm³/mol. The zero-order valence-electron chi connectivity index (χ0n) is 11.8. The number of carbonyl (C=O) groups is 1. The molecule has 1 rings (SSSR count). The van der Waals surface area contributed by atoms with Crippen LogP contribution in [-0.4, -0.2) is 23.3 Å². The molecule has 0 heterocycles. The van der Waals surface area contributed by atoms with Gasteiger partial charge in [-0.2, -0.15) is 0 Å². The van der Waals surface area contributed by atoms with Gasteiger partial charge in [0, 0.05) is 17.9 Å². The normalized spacial score (nSPS) is 24.0. The van der Waals surface area contributed by atoms with Crippen molar-refractivity contribution in [1.29, 1.82) is 0 Å². The predicted octanol–water partition coefficient (Wildman–Crippen LogP) is 2.44. The molecule has 0 fully saturated rings. The monoisotopic (exact) mass is 250 g/mol. The third kappa shape index (κ3) is 3.89. The molecule has 0 bridgehead atoms. The molecule has 100 valence electrons. The van der Waals surface area contributed by atoms with Gasteiger partial charge >= 0.3 is 5.97 Å². The van der Waals surface area contributed by atoms with Gasteiger partial charge in [0.1, 0.15) is 0 Å². The topological polar surface area (TPSA) is 46.5 Å². The molecule has 0 saturated heterocycles. The number of rotatable bonds is 1. The Balaban J connectivity index is 2.91. The fourth-order valence-corrected chi connectivity index (χ4v) is 2.52. The Morgan fingerprint density at radius 1 is 1.56 bits per heavy atom. The fourth-order valence-electron chi connectivity index (χ4n) is 2.52. The van der Waals surface area contributed by atoms with E-state index in [9.17, 15) is 9.90 Å². The highest BCUT2D eigenvalue weighted by Gasteiger charge is 2.32. The number of aliphatic hydroxyl groups excluding tert-OH is 1. The number of ether oxygens (including phenoxy) is 1. The van der Waals surface area contributed by atoms with Crippen molar-refractivity contribution < 1.29 is 14.6 Å². The molecule has 0 aromatic carbocycles. The summed E-state index contributed by atoms with van der Waals surface area (Å²) in [5.41, 5.74) is 2.07. The van der Waals surface area contributed by atoms with Crippen LogP contribution in [0, 0.1) is 17.3 Å². The number of carbonyl (C=O) groups excluding carboxylic acids is 1. The smallest absolute Gasteiger partial charge is 0.303 e. The van der Waals surface area contributed by atoms with Gasteiger partial charge in [0.15, 0.2) is 6.10 Å². The van der Waals surface area contributed by atoms with E-state index >= 15 is 0 Å². The van der Waals surface area contributed by atoms with Crippen LogP contribution in [0.25, 0.3) is 0 Å². The molecule has 0 aliphatic heterocycles.